The van der Waals surface area contributed by atoms with Crippen LogP contribution in [0.5, 0.6) is 0 Å². The first-order valence-corrected chi connectivity index (χ1v) is 8.89. The minimum atomic E-state index is -0.0373. The molecule has 0 spiro atoms. The highest BCUT2D eigenvalue weighted by Crippen LogP contribution is 2.33. The summed E-state index contributed by atoms with van der Waals surface area (Å²) in [6.45, 7) is 2.07. The van der Waals surface area contributed by atoms with E-state index >= 15 is 0 Å². The fourth-order valence-electron chi connectivity index (χ4n) is 3.37. The summed E-state index contributed by atoms with van der Waals surface area (Å²) in [5.41, 5.74) is 4.34. The topological polar surface area (TPSA) is 45.2 Å². The average Bonchev–Trinajstić information content (AvgIpc) is 2.97. The Labute approximate surface area is 157 Å². The van der Waals surface area contributed by atoms with Crippen molar-refractivity contribution in [2.45, 2.75) is 19.4 Å². The lowest BCUT2D eigenvalue weighted by Crippen LogP contribution is -2.35. The maximum atomic E-state index is 13.1. The van der Waals surface area contributed by atoms with Crippen LogP contribution in [0, 0.1) is 0 Å². The van der Waals surface area contributed by atoms with E-state index in [1.54, 1.807) is 12.4 Å². The second-order valence-corrected chi connectivity index (χ2v) is 6.89. The molecule has 1 amide bonds. The minimum absolute atomic E-state index is 0.0373. The predicted octanol–water partition coefficient (Wildman–Crippen LogP) is 5.07. The fourth-order valence-corrected chi connectivity index (χ4v) is 3.56. The summed E-state index contributed by atoms with van der Waals surface area (Å²) in [4.78, 5) is 19.2. The van der Waals surface area contributed by atoms with Crippen molar-refractivity contribution in [3.05, 3.63) is 83.1 Å². The molecule has 5 heteroatoms. The third-order valence-electron chi connectivity index (χ3n) is 4.52. The molecule has 4 rings (SSSR count). The summed E-state index contributed by atoms with van der Waals surface area (Å²) in [5.74, 6) is -0.0373. The first-order valence-electron chi connectivity index (χ1n) is 8.51. The van der Waals surface area contributed by atoms with Gasteiger partial charge in [-0.1, -0.05) is 35.9 Å². The van der Waals surface area contributed by atoms with Gasteiger partial charge in [-0.15, -0.1) is 0 Å². The highest BCUT2D eigenvalue weighted by Gasteiger charge is 2.31. The second kappa shape index (κ2) is 6.81. The van der Waals surface area contributed by atoms with Gasteiger partial charge in [0.15, 0.2) is 0 Å². The third-order valence-corrected chi connectivity index (χ3v) is 4.76. The van der Waals surface area contributed by atoms with Gasteiger partial charge in [-0.2, -0.15) is 0 Å². The number of nitrogens with zero attached hydrogens (tertiary/aromatic N) is 2. The molecule has 130 valence electrons. The number of benzene rings is 2. The zero-order chi connectivity index (χ0) is 18.1. The molecule has 1 aliphatic heterocycles. The normalized spacial score (nSPS) is 15.6. The van der Waals surface area contributed by atoms with Crippen LogP contribution in [-0.4, -0.2) is 16.9 Å². The molecule has 1 unspecified atom stereocenters. The molecule has 0 saturated carbocycles. The molecule has 0 bridgehead atoms. The Balaban J connectivity index is 1.61. The third kappa shape index (κ3) is 3.16. The number of anilines is 3. The van der Waals surface area contributed by atoms with Crippen molar-refractivity contribution in [2.75, 3.05) is 10.2 Å². The van der Waals surface area contributed by atoms with Gasteiger partial charge in [-0.25, -0.2) is 0 Å². The van der Waals surface area contributed by atoms with Gasteiger partial charge < -0.3 is 10.2 Å². The van der Waals surface area contributed by atoms with Gasteiger partial charge in [0, 0.05) is 28.6 Å². The molecule has 0 radical (unpaired) electrons. The number of para-hydroxylation sites is 1. The maximum Gasteiger partial charge on any atom is 0.260 e. The number of pyridine rings is 1. The molecule has 4 nitrogen and oxygen atoms in total. The Morgan fingerprint density at radius 1 is 1.12 bits per heavy atom. The lowest BCUT2D eigenvalue weighted by atomic mass is 10.1. The van der Waals surface area contributed by atoms with Crippen LogP contribution in [0.3, 0.4) is 0 Å². The molecular formula is C21H18ClN3O. The summed E-state index contributed by atoms with van der Waals surface area (Å²) in [5, 5.41) is 3.89. The zero-order valence-electron chi connectivity index (χ0n) is 14.3. The van der Waals surface area contributed by atoms with Crippen LogP contribution in [0.2, 0.25) is 5.02 Å². The molecule has 2 heterocycles. The molecule has 1 aliphatic rings. The van der Waals surface area contributed by atoms with Crippen molar-refractivity contribution < 1.29 is 4.79 Å². The number of amides is 1. The van der Waals surface area contributed by atoms with Crippen LogP contribution < -0.4 is 10.2 Å². The van der Waals surface area contributed by atoms with Crippen LogP contribution in [0.15, 0.2) is 67.0 Å². The predicted molar refractivity (Wildman–Crippen MR) is 105 cm³/mol. The Morgan fingerprint density at radius 2 is 1.96 bits per heavy atom. The zero-order valence-corrected chi connectivity index (χ0v) is 15.1. The summed E-state index contributed by atoms with van der Waals surface area (Å²) in [6, 6.07) is 17.4. The number of carbonyl (C=O) groups is 1. The van der Waals surface area contributed by atoms with E-state index in [0.717, 1.165) is 23.5 Å². The fraction of sp³-hybridized carbons (Fsp3) is 0.143. The van der Waals surface area contributed by atoms with Crippen LogP contribution in [0.25, 0.3) is 0 Å². The molecule has 1 aromatic heterocycles. The maximum absolute atomic E-state index is 13.1. The average molecular weight is 364 g/mol. The van der Waals surface area contributed by atoms with Gasteiger partial charge in [-0.05, 0) is 49.2 Å². The van der Waals surface area contributed by atoms with Crippen LogP contribution in [-0.2, 0) is 6.42 Å². The van der Waals surface area contributed by atoms with Crippen LogP contribution in [0.1, 0.15) is 22.8 Å². The Hall–Kier alpha value is -2.85. The van der Waals surface area contributed by atoms with Crippen molar-refractivity contribution in [1.82, 2.24) is 4.98 Å². The number of halogens is 1. The van der Waals surface area contributed by atoms with E-state index in [1.807, 2.05) is 53.4 Å². The molecule has 2 aromatic carbocycles. The molecular weight excluding hydrogens is 346 g/mol. The first-order chi connectivity index (χ1) is 12.6. The quantitative estimate of drug-likeness (QED) is 0.706. The van der Waals surface area contributed by atoms with E-state index in [9.17, 15) is 4.79 Å². The van der Waals surface area contributed by atoms with E-state index in [1.165, 1.54) is 5.56 Å². The highest BCUT2D eigenvalue weighted by molar-refractivity contribution is 6.30. The second-order valence-electron chi connectivity index (χ2n) is 6.45. The monoisotopic (exact) mass is 363 g/mol. The molecule has 0 saturated heterocycles. The lowest BCUT2D eigenvalue weighted by molar-refractivity contribution is 0.0981. The van der Waals surface area contributed by atoms with Gasteiger partial charge >= 0.3 is 0 Å². The number of carbonyl (C=O) groups excluding carboxylic acids is 1. The molecule has 1 atom stereocenters. The van der Waals surface area contributed by atoms with E-state index in [-0.39, 0.29) is 11.9 Å². The molecule has 0 aliphatic carbocycles. The van der Waals surface area contributed by atoms with Gasteiger partial charge in [0.1, 0.15) is 0 Å². The molecule has 26 heavy (non-hydrogen) atoms. The van der Waals surface area contributed by atoms with Crippen molar-refractivity contribution in [2.24, 2.45) is 0 Å². The minimum Gasteiger partial charge on any atom is -0.354 e. The van der Waals surface area contributed by atoms with Crippen molar-refractivity contribution in [3.63, 3.8) is 0 Å². The van der Waals surface area contributed by atoms with Crippen molar-refractivity contribution in [3.8, 4) is 0 Å². The number of rotatable bonds is 3. The Bertz CT molecular complexity index is 973. The number of fused-ring (bicyclic) bond motifs is 1. The Kier molecular flexibility index (Phi) is 4.35. The smallest absolute Gasteiger partial charge is 0.260 e. The SMILES string of the molecule is CC1Cc2ccccc2N1C(=O)c1cncc(Nc2cccc(Cl)c2)c1. The van der Waals surface area contributed by atoms with E-state index in [2.05, 4.69) is 23.3 Å². The standard InChI is InChI=1S/C21H18ClN3O/c1-14-9-15-5-2-3-8-20(15)25(14)21(26)16-10-19(13-23-12-16)24-18-7-4-6-17(22)11-18/h2-8,10-14,24H,9H2,1H3. The summed E-state index contributed by atoms with van der Waals surface area (Å²) < 4.78 is 0. The lowest BCUT2D eigenvalue weighted by Gasteiger charge is -2.23. The van der Waals surface area contributed by atoms with E-state index in [0.29, 0.717) is 10.6 Å². The van der Waals surface area contributed by atoms with Crippen molar-refractivity contribution in [1.29, 1.82) is 0 Å². The summed E-state index contributed by atoms with van der Waals surface area (Å²) in [6.07, 6.45) is 4.17. The van der Waals surface area contributed by atoms with Crippen LogP contribution >= 0.6 is 11.6 Å². The number of hydrogen-bond donors (Lipinski definition) is 1. The number of nitrogens with one attached hydrogen (secondary N) is 1. The van der Waals surface area contributed by atoms with Gasteiger partial charge in [0.2, 0.25) is 0 Å². The van der Waals surface area contributed by atoms with E-state index < -0.39 is 0 Å². The van der Waals surface area contributed by atoms with E-state index in [4.69, 9.17) is 11.6 Å². The summed E-state index contributed by atoms with van der Waals surface area (Å²) >= 11 is 6.03. The Morgan fingerprint density at radius 3 is 2.81 bits per heavy atom. The van der Waals surface area contributed by atoms with Gasteiger partial charge in [-0.3, -0.25) is 9.78 Å². The molecule has 1 N–H and O–H groups in total. The van der Waals surface area contributed by atoms with Crippen LogP contribution in [0.4, 0.5) is 17.1 Å². The van der Waals surface area contributed by atoms with Crippen molar-refractivity contribution >= 4 is 34.6 Å². The summed E-state index contributed by atoms with van der Waals surface area (Å²) in [7, 11) is 0. The molecule has 3 aromatic rings. The highest BCUT2D eigenvalue weighted by atomic mass is 35.5. The number of hydrogen-bond acceptors (Lipinski definition) is 3. The van der Waals surface area contributed by atoms with Gasteiger partial charge in [0.25, 0.3) is 5.91 Å². The molecule has 0 fully saturated rings. The first kappa shape index (κ1) is 16.6. The number of aromatic nitrogens is 1. The van der Waals surface area contributed by atoms with Gasteiger partial charge in [0.05, 0.1) is 17.4 Å². The largest absolute Gasteiger partial charge is 0.354 e.